The second-order valence-electron chi connectivity index (χ2n) is 4.96. The molecule has 0 radical (unpaired) electrons. The number of carbonyl (C=O) groups excluding carboxylic acids is 2. The van der Waals surface area contributed by atoms with Gasteiger partial charge in [-0.2, -0.15) is 4.99 Å². The Labute approximate surface area is 142 Å². The number of rotatable bonds is 5. The quantitative estimate of drug-likeness (QED) is 0.885. The zero-order chi connectivity index (χ0) is 16.2. The van der Waals surface area contributed by atoms with Gasteiger partial charge >= 0.3 is 0 Å². The second-order valence-corrected chi connectivity index (χ2v) is 7.21. The summed E-state index contributed by atoms with van der Waals surface area (Å²) < 4.78 is 0. The average Bonchev–Trinajstić information content (AvgIpc) is 2.89. The van der Waals surface area contributed by atoms with Crippen LogP contribution in [0.3, 0.4) is 0 Å². The molecule has 1 unspecified atom stereocenters. The van der Waals surface area contributed by atoms with Gasteiger partial charge in [0.15, 0.2) is 0 Å². The SMILES string of the molecule is CC1=CC2C(=O)N=C(CSCC(=O)Nc3cccnc3)N=C2S1. The molecular formula is C15H14N4O2S2. The molecule has 3 heterocycles. The molecule has 0 spiro atoms. The molecule has 0 bridgehead atoms. The van der Waals surface area contributed by atoms with Gasteiger partial charge in [0, 0.05) is 6.20 Å². The van der Waals surface area contributed by atoms with Crippen molar-refractivity contribution in [3.8, 4) is 0 Å². The van der Waals surface area contributed by atoms with Crippen LogP contribution in [0.4, 0.5) is 5.69 Å². The number of aromatic nitrogens is 1. The Morgan fingerprint density at radius 1 is 1.43 bits per heavy atom. The maximum atomic E-state index is 11.9. The molecule has 0 aromatic carbocycles. The lowest BCUT2D eigenvalue weighted by Gasteiger charge is -2.12. The summed E-state index contributed by atoms with van der Waals surface area (Å²) in [5, 5.41) is 3.54. The summed E-state index contributed by atoms with van der Waals surface area (Å²) in [6.45, 7) is 1.95. The number of carbonyl (C=O) groups is 2. The van der Waals surface area contributed by atoms with Gasteiger partial charge in [-0.1, -0.05) is 17.8 Å². The highest BCUT2D eigenvalue weighted by Gasteiger charge is 2.32. The standard InChI is InChI=1S/C15H14N4O2S2/c1-9-5-11-14(21)18-12(19-15(11)23-9)7-22-8-13(20)17-10-3-2-4-16-6-10/h2-6,11H,7-8H2,1H3,(H,17,20). The summed E-state index contributed by atoms with van der Waals surface area (Å²) in [6.07, 6.45) is 5.12. The smallest absolute Gasteiger partial charge is 0.261 e. The molecule has 1 N–H and O–H groups in total. The summed E-state index contributed by atoms with van der Waals surface area (Å²) in [5.41, 5.74) is 0.662. The van der Waals surface area contributed by atoms with Crippen LogP contribution in [-0.4, -0.2) is 39.2 Å². The maximum Gasteiger partial charge on any atom is 0.261 e. The number of amides is 2. The molecule has 8 heteroatoms. The molecule has 0 saturated carbocycles. The predicted molar refractivity (Wildman–Crippen MR) is 94.9 cm³/mol. The van der Waals surface area contributed by atoms with Crippen molar-refractivity contribution in [3.05, 3.63) is 35.5 Å². The number of nitrogens with zero attached hydrogens (tertiary/aromatic N) is 3. The Bertz CT molecular complexity index is 728. The van der Waals surface area contributed by atoms with Crippen molar-refractivity contribution in [2.24, 2.45) is 15.9 Å². The van der Waals surface area contributed by atoms with Crippen LogP contribution in [0.25, 0.3) is 0 Å². The highest BCUT2D eigenvalue weighted by atomic mass is 32.2. The van der Waals surface area contributed by atoms with Gasteiger partial charge in [-0.25, -0.2) is 4.99 Å². The van der Waals surface area contributed by atoms with Crippen molar-refractivity contribution in [1.29, 1.82) is 0 Å². The Morgan fingerprint density at radius 2 is 2.30 bits per heavy atom. The zero-order valence-corrected chi connectivity index (χ0v) is 14.0. The van der Waals surface area contributed by atoms with Crippen molar-refractivity contribution in [2.75, 3.05) is 16.8 Å². The fourth-order valence-electron chi connectivity index (χ4n) is 2.12. The van der Waals surface area contributed by atoms with E-state index in [1.807, 2.05) is 13.0 Å². The van der Waals surface area contributed by atoms with Crippen molar-refractivity contribution >= 4 is 51.9 Å². The number of aliphatic imine (C=N–C) groups is 2. The third kappa shape index (κ3) is 4.08. The first-order chi connectivity index (χ1) is 11.1. The number of amidine groups is 1. The minimum Gasteiger partial charge on any atom is -0.324 e. The zero-order valence-electron chi connectivity index (χ0n) is 12.4. The number of pyridine rings is 1. The minimum absolute atomic E-state index is 0.121. The van der Waals surface area contributed by atoms with Crippen LogP contribution < -0.4 is 5.32 Å². The van der Waals surface area contributed by atoms with E-state index >= 15 is 0 Å². The van der Waals surface area contributed by atoms with Crippen LogP contribution in [0.15, 0.2) is 45.5 Å². The van der Waals surface area contributed by atoms with E-state index in [-0.39, 0.29) is 23.5 Å². The van der Waals surface area contributed by atoms with Crippen molar-refractivity contribution < 1.29 is 9.59 Å². The first kappa shape index (κ1) is 15.9. The van der Waals surface area contributed by atoms with Crippen LogP contribution in [-0.2, 0) is 9.59 Å². The van der Waals surface area contributed by atoms with Crippen LogP contribution in [0.1, 0.15) is 6.92 Å². The van der Waals surface area contributed by atoms with Crippen LogP contribution in [0.5, 0.6) is 0 Å². The number of anilines is 1. The van der Waals surface area contributed by atoms with Gasteiger partial charge in [-0.05, 0) is 24.0 Å². The highest BCUT2D eigenvalue weighted by molar-refractivity contribution is 8.17. The largest absolute Gasteiger partial charge is 0.324 e. The van der Waals surface area contributed by atoms with Crippen molar-refractivity contribution in [3.63, 3.8) is 0 Å². The molecule has 0 fully saturated rings. The average molecular weight is 346 g/mol. The molecule has 1 aromatic heterocycles. The summed E-state index contributed by atoms with van der Waals surface area (Å²) in [5.74, 6) is 0.584. The van der Waals surface area contributed by atoms with E-state index in [1.165, 1.54) is 23.5 Å². The molecule has 1 aromatic rings. The number of hydrogen-bond donors (Lipinski definition) is 1. The van der Waals surface area contributed by atoms with Crippen LogP contribution >= 0.6 is 23.5 Å². The van der Waals surface area contributed by atoms with Gasteiger partial charge in [-0.15, -0.1) is 11.8 Å². The first-order valence-electron chi connectivity index (χ1n) is 6.96. The van der Waals surface area contributed by atoms with Gasteiger partial charge in [0.25, 0.3) is 5.91 Å². The minimum atomic E-state index is -0.303. The van der Waals surface area contributed by atoms with E-state index in [4.69, 9.17) is 0 Å². The molecule has 3 rings (SSSR count). The van der Waals surface area contributed by atoms with E-state index < -0.39 is 0 Å². The third-order valence-corrected chi connectivity index (χ3v) is 5.03. The lowest BCUT2D eigenvalue weighted by Crippen LogP contribution is -2.24. The van der Waals surface area contributed by atoms with Gasteiger partial charge in [0.2, 0.25) is 5.91 Å². The molecular weight excluding hydrogens is 332 g/mol. The fourth-order valence-corrected chi connectivity index (χ4v) is 3.77. The molecule has 1 atom stereocenters. The Balaban J connectivity index is 1.49. The molecule has 0 saturated heterocycles. The Morgan fingerprint density at radius 3 is 3.09 bits per heavy atom. The fraction of sp³-hybridized carbons (Fsp3) is 0.267. The highest BCUT2D eigenvalue weighted by Crippen LogP contribution is 2.34. The molecule has 23 heavy (non-hydrogen) atoms. The molecule has 6 nitrogen and oxygen atoms in total. The molecule has 2 amide bonds. The van der Waals surface area contributed by atoms with E-state index in [0.29, 0.717) is 17.3 Å². The lowest BCUT2D eigenvalue weighted by molar-refractivity contribution is -0.118. The van der Waals surface area contributed by atoms with Gasteiger partial charge < -0.3 is 5.32 Å². The van der Waals surface area contributed by atoms with Crippen molar-refractivity contribution in [2.45, 2.75) is 6.92 Å². The van der Waals surface area contributed by atoms with Crippen LogP contribution in [0, 0.1) is 5.92 Å². The van der Waals surface area contributed by atoms with E-state index in [9.17, 15) is 9.59 Å². The molecule has 2 aliphatic heterocycles. The number of allylic oxidation sites excluding steroid dienone is 1. The lowest BCUT2D eigenvalue weighted by atomic mass is 10.1. The Kier molecular flexibility index (Phi) is 4.92. The van der Waals surface area contributed by atoms with Gasteiger partial charge in [0.1, 0.15) is 11.8 Å². The summed E-state index contributed by atoms with van der Waals surface area (Å²) in [4.78, 5) is 37.2. The van der Waals surface area contributed by atoms with Crippen LogP contribution in [0.2, 0.25) is 0 Å². The van der Waals surface area contributed by atoms with Gasteiger partial charge in [0.05, 0.1) is 28.4 Å². The number of nitrogens with one attached hydrogen (secondary N) is 1. The number of fused-ring (bicyclic) bond motifs is 1. The third-order valence-electron chi connectivity index (χ3n) is 3.09. The molecule has 2 aliphatic rings. The normalized spacial score (nSPS) is 19.6. The second kappa shape index (κ2) is 7.10. The summed E-state index contributed by atoms with van der Waals surface area (Å²) in [7, 11) is 0. The van der Waals surface area contributed by atoms with E-state index in [2.05, 4.69) is 20.3 Å². The van der Waals surface area contributed by atoms with E-state index in [1.54, 1.807) is 24.5 Å². The van der Waals surface area contributed by atoms with E-state index in [0.717, 1.165) is 9.95 Å². The topological polar surface area (TPSA) is 83.8 Å². The predicted octanol–water partition coefficient (Wildman–Crippen LogP) is 2.36. The summed E-state index contributed by atoms with van der Waals surface area (Å²) in [6, 6.07) is 3.53. The Hall–Kier alpha value is -1.93. The molecule has 0 aliphatic carbocycles. The summed E-state index contributed by atoms with van der Waals surface area (Å²) >= 11 is 2.89. The first-order valence-corrected chi connectivity index (χ1v) is 8.93. The molecule has 118 valence electrons. The maximum absolute atomic E-state index is 11.9. The van der Waals surface area contributed by atoms with Gasteiger partial charge in [-0.3, -0.25) is 14.6 Å². The number of thioether (sulfide) groups is 2. The monoisotopic (exact) mass is 346 g/mol. The van der Waals surface area contributed by atoms with Crippen molar-refractivity contribution in [1.82, 2.24) is 4.98 Å². The number of hydrogen-bond acceptors (Lipinski definition) is 6.